The van der Waals surface area contributed by atoms with Crippen molar-refractivity contribution in [3.05, 3.63) is 0 Å². The molecule has 0 saturated carbocycles. The van der Waals surface area contributed by atoms with Crippen LogP contribution in [0.15, 0.2) is 0 Å². The molecule has 5 nitrogen and oxygen atoms in total. The fraction of sp³-hybridized carbons (Fsp3) is 1.00. The summed E-state index contributed by atoms with van der Waals surface area (Å²) >= 11 is 0. The molecule has 18 heavy (non-hydrogen) atoms. The third-order valence-electron chi connectivity index (χ3n) is 3.23. The van der Waals surface area contributed by atoms with E-state index in [1.807, 2.05) is 13.8 Å². The third kappa shape index (κ3) is 6.13. The number of aliphatic hydroxyl groups is 1. The smallest absolute Gasteiger partial charge is 0.151 e. The summed E-state index contributed by atoms with van der Waals surface area (Å²) in [5.41, 5.74) is -0.659. The van der Waals surface area contributed by atoms with E-state index in [0.29, 0.717) is 13.1 Å². The lowest BCUT2D eigenvalue weighted by Crippen LogP contribution is -2.51. The van der Waals surface area contributed by atoms with Gasteiger partial charge in [0.2, 0.25) is 0 Å². The van der Waals surface area contributed by atoms with Crippen LogP contribution in [-0.4, -0.2) is 79.7 Å². The van der Waals surface area contributed by atoms with Gasteiger partial charge in [-0.25, -0.2) is 8.42 Å². The molecule has 0 amide bonds. The summed E-state index contributed by atoms with van der Waals surface area (Å²) in [6, 6.07) is 0. The molecule has 0 aliphatic carbocycles. The molecule has 0 bridgehead atoms. The van der Waals surface area contributed by atoms with Crippen molar-refractivity contribution in [3.63, 3.8) is 0 Å². The fourth-order valence-electron chi connectivity index (χ4n) is 2.13. The zero-order valence-electron chi connectivity index (χ0n) is 11.7. The van der Waals surface area contributed by atoms with Crippen LogP contribution in [0.4, 0.5) is 0 Å². The van der Waals surface area contributed by atoms with Crippen molar-refractivity contribution in [2.45, 2.75) is 26.4 Å². The average molecular weight is 278 g/mol. The highest BCUT2D eigenvalue weighted by Gasteiger charge is 2.23. The van der Waals surface area contributed by atoms with Gasteiger partial charge in [-0.05, 0) is 13.8 Å². The van der Waals surface area contributed by atoms with Crippen LogP contribution in [0.1, 0.15) is 20.8 Å². The summed E-state index contributed by atoms with van der Waals surface area (Å²) in [6.07, 6.45) is 0. The molecule has 1 heterocycles. The third-order valence-corrected chi connectivity index (χ3v) is 4.92. The number of piperazine rings is 1. The lowest BCUT2D eigenvalue weighted by molar-refractivity contribution is 0.0186. The van der Waals surface area contributed by atoms with E-state index in [1.54, 1.807) is 6.92 Å². The Morgan fingerprint density at radius 1 is 1.11 bits per heavy atom. The van der Waals surface area contributed by atoms with Crippen LogP contribution in [0.25, 0.3) is 0 Å². The van der Waals surface area contributed by atoms with Crippen molar-refractivity contribution in [2.24, 2.45) is 0 Å². The van der Waals surface area contributed by atoms with Crippen LogP contribution in [0, 0.1) is 0 Å². The number of β-amino-alcohol motifs (C(OH)–C–C–N with tert-alkyl or cyclic N) is 1. The van der Waals surface area contributed by atoms with Gasteiger partial charge in [0.15, 0.2) is 9.84 Å². The van der Waals surface area contributed by atoms with E-state index in [4.69, 9.17) is 0 Å². The second-order valence-corrected chi connectivity index (χ2v) is 8.14. The van der Waals surface area contributed by atoms with E-state index >= 15 is 0 Å². The van der Waals surface area contributed by atoms with Gasteiger partial charge in [-0.15, -0.1) is 0 Å². The minimum Gasteiger partial charge on any atom is -0.389 e. The van der Waals surface area contributed by atoms with Crippen LogP contribution in [-0.2, 0) is 9.84 Å². The van der Waals surface area contributed by atoms with E-state index in [0.717, 1.165) is 26.2 Å². The van der Waals surface area contributed by atoms with E-state index in [-0.39, 0.29) is 11.5 Å². The van der Waals surface area contributed by atoms with E-state index in [2.05, 4.69) is 9.80 Å². The highest BCUT2D eigenvalue weighted by molar-refractivity contribution is 7.91. The SMILES string of the molecule is CCS(=O)(=O)CCN1CCN(CC(C)(C)O)CC1. The normalized spacial score (nSPS) is 20.2. The molecule has 1 aliphatic rings. The molecule has 1 N–H and O–H groups in total. The summed E-state index contributed by atoms with van der Waals surface area (Å²) in [6.45, 7) is 10.2. The maximum Gasteiger partial charge on any atom is 0.151 e. The van der Waals surface area contributed by atoms with E-state index < -0.39 is 15.4 Å². The van der Waals surface area contributed by atoms with Gasteiger partial charge in [0.1, 0.15) is 0 Å². The summed E-state index contributed by atoms with van der Waals surface area (Å²) in [5, 5.41) is 9.74. The molecule has 1 fully saturated rings. The number of nitrogens with zero attached hydrogens (tertiary/aromatic N) is 2. The van der Waals surface area contributed by atoms with Gasteiger partial charge in [-0.1, -0.05) is 6.92 Å². The summed E-state index contributed by atoms with van der Waals surface area (Å²) in [7, 11) is -2.86. The quantitative estimate of drug-likeness (QED) is 0.730. The van der Waals surface area contributed by atoms with Gasteiger partial charge < -0.3 is 5.11 Å². The lowest BCUT2D eigenvalue weighted by atomic mass is 10.1. The highest BCUT2D eigenvalue weighted by atomic mass is 32.2. The second kappa shape index (κ2) is 6.32. The first kappa shape index (κ1) is 15.9. The summed E-state index contributed by atoms with van der Waals surface area (Å²) in [5.74, 6) is 0.487. The Morgan fingerprint density at radius 2 is 1.61 bits per heavy atom. The van der Waals surface area contributed by atoms with Gasteiger partial charge in [0.25, 0.3) is 0 Å². The van der Waals surface area contributed by atoms with Gasteiger partial charge in [-0.3, -0.25) is 9.80 Å². The Bertz CT molecular complexity index is 341. The number of rotatable bonds is 6. The standard InChI is InChI=1S/C12H26N2O3S/c1-4-18(16,17)10-9-13-5-7-14(8-6-13)11-12(2,3)15/h15H,4-11H2,1-3H3. The van der Waals surface area contributed by atoms with Gasteiger partial charge in [-0.2, -0.15) is 0 Å². The molecule has 0 aromatic heterocycles. The van der Waals surface area contributed by atoms with Crippen LogP contribution in [0.3, 0.4) is 0 Å². The van der Waals surface area contributed by atoms with Gasteiger partial charge >= 0.3 is 0 Å². The maximum absolute atomic E-state index is 11.4. The molecule has 1 saturated heterocycles. The fourth-order valence-corrected chi connectivity index (χ4v) is 2.96. The zero-order chi connectivity index (χ0) is 13.8. The monoisotopic (exact) mass is 278 g/mol. The predicted molar refractivity (Wildman–Crippen MR) is 73.5 cm³/mol. The van der Waals surface area contributed by atoms with Crippen molar-refractivity contribution < 1.29 is 13.5 Å². The maximum atomic E-state index is 11.4. The molecule has 0 spiro atoms. The second-order valence-electron chi connectivity index (χ2n) is 5.67. The van der Waals surface area contributed by atoms with Crippen molar-refractivity contribution in [2.75, 3.05) is 50.8 Å². The van der Waals surface area contributed by atoms with Crippen molar-refractivity contribution >= 4 is 9.84 Å². The molecule has 0 aromatic carbocycles. The molecule has 0 atom stereocenters. The largest absolute Gasteiger partial charge is 0.389 e. The van der Waals surface area contributed by atoms with Gasteiger partial charge in [0, 0.05) is 45.0 Å². The van der Waals surface area contributed by atoms with Crippen molar-refractivity contribution in [1.29, 1.82) is 0 Å². The molecule has 6 heteroatoms. The zero-order valence-corrected chi connectivity index (χ0v) is 12.5. The molecule has 0 radical (unpaired) electrons. The van der Waals surface area contributed by atoms with Crippen LogP contribution in [0.5, 0.6) is 0 Å². The minimum absolute atomic E-state index is 0.228. The van der Waals surface area contributed by atoms with Crippen LogP contribution < -0.4 is 0 Å². The topological polar surface area (TPSA) is 60.9 Å². The molecular formula is C12H26N2O3S. The predicted octanol–water partition coefficient (Wildman–Crippen LogP) is -0.190. The summed E-state index contributed by atoms with van der Waals surface area (Å²) in [4.78, 5) is 4.42. The number of hydrogen-bond donors (Lipinski definition) is 1. The Morgan fingerprint density at radius 3 is 2.06 bits per heavy atom. The molecule has 0 aromatic rings. The Hall–Kier alpha value is -0.170. The van der Waals surface area contributed by atoms with Crippen molar-refractivity contribution in [1.82, 2.24) is 9.80 Å². The number of hydrogen-bond acceptors (Lipinski definition) is 5. The molecular weight excluding hydrogens is 252 g/mol. The molecule has 0 unspecified atom stereocenters. The first-order chi connectivity index (χ1) is 8.22. The molecule has 108 valence electrons. The Balaban J connectivity index is 2.28. The van der Waals surface area contributed by atoms with Gasteiger partial charge in [0.05, 0.1) is 11.4 Å². The minimum atomic E-state index is -2.86. The van der Waals surface area contributed by atoms with Crippen LogP contribution >= 0.6 is 0 Å². The molecule has 1 aliphatic heterocycles. The molecule has 1 rings (SSSR count). The first-order valence-electron chi connectivity index (χ1n) is 6.59. The van der Waals surface area contributed by atoms with E-state index in [9.17, 15) is 13.5 Å². The lowest BCUT2D eigenvalue weighted by Gasteiger charge is -2.37. The Labute approximate surface area is 111 Å². The summed E-state index contributed by atoms with van der Waals surface area (Å²) < 4.78 is 22.8. The van der Waals surface area contributed by atoms with Crippen LogP contribution in [0.2, 0.25) is 0 Å². The first-order valence-corrected chi connectivity index (χ1v) is 8.41. The van der Waals surface area contributed by atoms with Crippen molar-refractivity contribution in [3.8, 4) is 0 Å². The van der Waals surface area contributed by atoms with E-state index in [1.165, 1.54) is 0 Å². The number of sulfone groups is 1. The average Bonchev–Trinajstić information content (AvgIpc) is 2.26. The highest BCUT2D eigenvalue weighted by Crippen LogP contribution is 2.08. The Kier molecular flexibility index (Phi) is 5.58.